The number of nitrogens with one attached hydrogen (secondary N) is 2. The van der Waals surface area contributed by atoms with E-state index in [4.69, 9.17) is 31.7 Å². The molecule has 0 bridgehead atoms. The molecule has 0 radical (unpaired) electrons. The fraction of sp³-hybridized carbons (Fsp3) is 0.577. The van der Waals surface area contributed by atoms with Gasteiger partial charge in [0.25, 0.3) is 0 Å². The van der Waals surface area contributed by atoms with E-state index in [1.807, 2.05) is 18.2 Å². The normalized spacial score (nSPS) is 22.0. The van der Waals surface area contributed by atoms with Crippen LogP contribution in [0.1, 0.15) is 51.5 Å². The Kier molecular flexibility index (Phi) is 7.41. The average Bonchev–Trinajstić information content (AvgIpc) is 3.13. The molecule has 4 heterocycles. The van der Waals surface area contributed by atoms with Gasteiger partial charge >= 0.3 is 0 Å². The molecule has 188 valence electrons. The minimum Gasteiger partial charge on any atom is -0.454 e. The number of hydrogen-bond acceptors (Lipinski definition) is 7. The standard InChI is InChI=1S/C26H36N6O2S/c1-18-11-19(2)16-32(15-18)24-13-23(31-9-5-3-4-6-10-31)28-25(29-24)30-26(35)27-14-20-7-8-21-22(12-20)34-17-33-21/h7-8,12-13,18-19H,3-6,9-11,14-17H2,1-2H3,(H2,27,28,29,30,35)/t18-,19-/m1/s1. The fourth-order valence-electron chi connectivity index (χ4n) is 5.33. The Bertz CT molecular complexity index is 1030. The molecule has 2 aromatic rings. The maximum Gasteiger partial charge on any atom is 0.232 e. The van der Waals surface area contributed by atoms with Crippen molar-refractivity contribution in [3.8, 4) is 11.5 Å². The number of hydrogen-bond donors (Lipinski definition) is 2. The third-order valence-corrected chi connectivity index (χ3v) is 7.18. The van der Waals surface area contributed by atoms with E-state index in [2.05, 4.69) is 40.3 Å². The SMILES string of the molecule is C[C@@H]1C[C@@H](C)CN(c2cc(N3CCCCCC3)nc(NC(=S)NCc3ccc4c(c3)OCO4)n2)C1. The molecule has 3 aliphatic heterocycles. The Labute approximate surface area is 213 Å². The Balaban J connectivity index is 1.31. The van der Waals surface area contributed by atoms with E-state index in [0.29, 0.717) is 29.4 Å². The monoisotopic (exact) mass is 496 g/mol. The van der Waals surface area contributed by atoms with E-state index in [1.165, 1.54) is 32.1 Å². The molecule has 2 atom stereocenters. The molecule has 35 heavy (non-hydrogen) atoms. The van der Waals surface area contributed by atoms with E-state index in [-0.39, 0.29) is 6.79 Å². The van der Waals surface area contributed by atoms with Gasteiger partial charge in [-0.25, -0.2) is 0 Å². The van der Waals surface area contributed by atoms with Crippen LogP contribution in [0.15, 0.2) is 24.3 Å². The van der Waals surface area contributed by atoms with E-state index in [0.717, 1.165) is 54.9 Å². The molecule has 1 aromatic heterocycles. The molecule has 0 spiro atoms. The van der Waals surface area contributed by atoms with Crippen LogP contribution in [0, 0.1) is 11.8 Å². The molecule has 0 unspecified atom stereocenters. The largest absolute Gasteiger partial charge is 0.454 e. The van der Waals surface area contributed by atoms with Crippen LogP contribution in [0.2, 0.25) is 0 Å². The first-order chi connectivity index (χ1) is 17.0. The first-order valence-corrected chi connectivity index (χ1v) is 13.3. The Morgan fingerprint density at radius 2 is 1.63 bits per heavy atom. The molecule has 1 aromatic carbocycles. The number of aromatic nitrogens is 2. The third kappa shape index (κ3) is 6.07. The predicted octanol–water partition coefficient (Wildman–Crippen LogP) is 4.55. The van der Waals surface area contributed by atoms with Crippen molar-refractivity contribution in [3.05, 3.63) is 29.8 Å². The summed E-state index contributed by atoms with van der Waals surface area (Å²) in [6, 6.07) is 8.09. The first kappa shape index (κ1) is 23.9. The van der Waals surface area contributed by atoms with E-state index in [1.54, 1.807) is 0 Å². The van der Waals surface area contributed by atoms with Gasteiger partial charge in [-0.1, -0.05) is 32.8 Å². The lowest BCUT2D eigenvalue weighted by Crippen LogP contribution is -2.39. The molecule has 0 aliphatic carbocycles. The molecule has 2 fully saturated rings. The van der Waals surface area contributed by atoms with Crippen LogP contribution in [0.5, 0.6) is 11.5 Å². The molecule has 2 N–H and O–H groups in total. The van der Waals surface area contributed by atoms with Gasteiger partial charge in [-0.15, -0.1) is 0 Å². The van der Waals surface area contributed by atoms with Gasteiger partial charge in [0.05, 0.1) is 0 Å². The van der Waals surface area contributed by atoms with Gasteiger partial charge in [0.2, 0.25) is 12.7 Å². The molecule has 0 saturated carbocycles. The topological polar surface area (TPSA) is 74.8 Å². The number of thiocarbonyl (C=S) groups is 1. The van der Waals surface area contributed by atoms with Crippen molar-refractivity contribution in [2.24, 2.45) is 11.8 Å². The van der Waals surface area contributed by atoms with Crippen LogP contribution in [-0.2, 0) is 6.54 Å². The first-order valence-electron chi connectivity index (χ1n) is 12.9. The lowest BCUT2D eigenvalue weighted by molar-refractivity contribution is 0.174. The molecule has 9 heteroatoms. The summed E-state index contributed by atoms with van der Waals surface area (Å²) in [6.45, 7) is 9.61. The molecular weight excluding hydrogens is 460 g/mol. The Hall–Kier alpha value is -2.81. The summed E-state index contributed by atoms with van der Waals surface area (Å²) in [4.78, 5) is 14.6. The quantitative estimate of drug-likeness (QED) is 0.580. The van der Waals surface area contributed by atoms with Crippen molar-refractivity contribution < 1.29 is 9.47 Å². The second-order valence-corrected chi connectivity index (χ2v) is 10.6. The zero-order chi connectivity index (χ0) is 24.2. The predicted molar refractivity (Wildman–Crippen MR) is 143 cm³/mol. The highest BCUT2D eigenvalue weighted by molar-refractivity contribution is 7.80. The van der Waals surface area contributed by atoms with Gasteiger partial charge in [-0.3, -0.25) is 0 Å². The summed E-state index contributed by atoms with van der Waals surface area (Å²) in [7, 11) is 0. The highest BCUT2D eigenvalue weighted by Crippen LogP contribution is 2.32. The summed E-state index contributed by atoms with van der Waals surface area (Å²) in [5.41, 5.74) is 1.06. The molecular formula is C26H36N6O2S. The minimum absolute atomic E-state index is 0.272. The van der Waals surface area contributed by atoms with Crippen LogP contribution in [0.25, 0.3) is 0 Å². The van der Waals surface area contributed by atoms with Gasteiger partial charge < -0.3 is 29.9 Å². The average molecular weight is 497 g/mol. The second kappa shape index (κ2) is 10.8. The molecule has 2 saturated heterocycles. The number of fused-ring (bicyclic) bond motifs is 1. The Morgan fingerprint density at radius 3 is 2.37 bits per heavy atom. The summed E-state index contributed by atoms with van der Waals surface area (Å²) in [6.07, 6.45) is 6.24. The molecule has 5 rings (SSSR count). The highest BCUT2D eigenvalue weighted by atomic mass is 32.1. The summed E-state index contributed by atoms with van der Waals surface area (Å²) in [5.74, 6) is 5.37. The zero-order valence-electron chi connectivity index (χ0n) is 20.8. The third-order valence-electron chi connectivity index (χ3n) is 6.94. The fourth-order valence-corrected chi connectivity index (χ4v) is 5.49. The maximum absolute atomic E-state index is 5.61. The smallest absolute Gasteiger partial charge is 0.232 e. The number of ether oxygens (including phenoxy) is 2. The summed E-state index contributed by atoms with van der Waals surface area (Å²) >= 11 is 5.61. The van der Waals surface area contributed by atoms with Crippen LogP contribution in [-0.4, -0.2) is 48.1 Å². The van der Waals surface area contributed by atoms with Gasteiger partial charge in [0.1, 0.15) is 11.6 Å². The zero-order valence-corrected chi connectivity index (χ0v) is 21.6. The number of rotatable bonds is 5. The van der Waals surface area contributed by atoms with Gasteiger partial charge in [0, 0.05) is 38.8 Å². The number of benzene rings is 1. The molecule has 0 amide bonds. The van der Waals surface area contributed by atoms with Crippen LogP contribution < -0.4 is 29.9 Å². The molecule has 3 aliphatic rings. The second-order valence-electron chi connectivity index (χ2n) is 10.2. The van der Waals surface area contributed by atoms with Crippen molar-refractivity contribution in [3.63, 3.8) is 0 Å². The van der Waals surface area contributed by atoms with Crippen molar-refractivity contribution in [2.45, 2.75) is 52.5 Å². The minimum atomic E-state index is 0.272. The van der Waals surface area contributed by atoms with Gasteiger partial charge in [-0.2, -0.15) is 9.97 Å². The van der Waals surface area contributed by atoms with Crippen LogP contribution in [0.3, 0.4) is 0 Å². The number of piperidine rings is 1. The van der Waals surface area contributed by atoms with Crippen LogP contribution in [0.4, 0.5) is 17.6 Å². The highest BCUT2D eigenvalue weighted by Gasteiger charge is 2.25. The number of nitrogens with zero attached hydrogens (tertiary/aromatic N) is 4. The van der Waals surface area contributed by atoms with Crippen LogP contribution >= 0.6 is 12.2 Å². The van der Waals surface area contributed by atoms with Crippen molar-refractivity contribution in [1.82, 2.24) is 15.3 Å². The van der Waals surface area contributed by atoms with Crippen molar-refractivity contribution in [2.75, 3.05) is 48.1 Å². The van der Waals surface area contributed by atoms with Crippen molar-refractivity contribution >= 4 is 34.9 Å². The summed E-state index contributed by atoms with van der Waals surface area (Å²) < 4.78 is 10.9. The molecule has 8 nitrogen and oxygen atoms in total. The van der Waals surface area contributed by atoms with E-state index in [9.17, 15) is 0 Å². The Morgan fingerprint density at radius 1 is 0.943 bits per heavy atom. The maximum atomic E-state index is 5.61. The lowest BCUT2D eigenvalue weighted by atomic mass is 9.92. The van der Waals surface area contributed by atoms with E-state index >= 15 is 0 Å². The number of anilines is 3. The van der Waals surface area contributed by atoms with Crippen molar-refractivity contribution in [1.29, 1.82) is 0 Å². The lowest BCUT2D eigenvalue weighted by Gasteiger charge is -2.36. The van der Waals surface area contributed by atoms with Gasteiger partial charge in [0.15, 0.2) is 16.6 Å². The van der Waals surface area contributed by atoms with E-state index < -0.39 is 0 Å². The van der Waals surface area contributed by atoms with Gasteiger partial charge in [-0.05, 0) is 61.0 Å². The summed E-state index contributed by atoms with van der Waals surface area (Å²) in [5, 5.41) is 7.03.